The SMILES string of the molecule is Cc1ccc(N2C(=O)CN(CCc3cccs3)[C@H]3CS(=O)(=O)C[C@H]32)cc1Cl. The van der Waals surface area contributed by atoms with Crippen LogP contribution in [0.2, 0.25) is 5.02 Å². The van der Waals surface area contributed by atoms with Crippen molar-refractivity contribution in [2.75, 3.05) is 29.5 Å². The number of hydrogen-bond acceptors (Lipinski definition) is 5. The number of sulfone groups is 1. The van der Waals surface area contributed by atoms with Gasteiger partial charge in [0.25, 0.3) is 0 Å². The molecule has 4 rings (SSSR count). The van der Waals surface area contributed by atoms with Gasteiger partial charge in [-0.1, -0.05) is 23.7 Å². The van der Waals surface area contributed by atoms with Crippen LogP contribution in [-0.2, 0) is 21.1 Å². The summed E-state index contributed by atoms with van der Waals surface area (Å²) in [5, 5.41) is 2.61. The number of halogens is 1. The first-order valence-corrected chi connectivity index (χ1v) is 12.0. The van der Waals surface area contributed by atoms with Gasteiger partial charge in [0.15, 0.2) is 9.84 Å². The van der Waals surface area contributed by atoms with Crippen LogP contribution < -0.4 is 4.90 Å². The summed E-state index contributed by atoms with van der Waals surface area (Å²) in [5.74, 6) is 0.0371. The molecule has 27 heavy (non-hydrogen) atoms. The molecule has 0 bridgehead atoms. The molecule has 0 aliphatic carbocycles. The molecule has 8 heteroatoms. The highest BCUT2D eigenvalue weighted by Crippen LogP contribution is 2.33. The lowest BCUT2D eigenvalue weighted by Crippen LogP contribution is -2.62. The van der Waals surface area contributed by atoms with Crippen LogP contribution in [0, 0.1) is 6.92 Å². The molecular formula is C19H21ClN2O3S2. The van der Waals surface area contributed by atoms with Crippen molar-refractivity contribution in [1.82, 2.24) is 4.90 Å². The quantitative estimate of drug-likeness (QED) is 0.757. The summed E-state index contributed by atoms with van der Waals surface area (Å²) in [6, 6.07) is 9.02. The summed E-state index contributed by atoms with van der Waals surface area (Å²) in [5.41, 5.74) is 1.61. The van der Waals surface area contributed by atoms with E-state index in [1.54, 1.807) is 22.3 Å². The number of hydrogen-bond donors (Lipinski definition) is 0. The summed E-state index contributed by atoms with van der Waals surface area (Å²) in [4.78, 5) is 17.9. The zero-order chi connectivity index (χ0) is 19.2. The van der Waals surface area contributed by atoms with E-state index in [1.165, 1.54) is 4.88 Å². The van der Waals surface area contributed by atoms with E-state index in [0.717, 1.165) is 12.0 Å². The molecule has 5 nitrogen and oxygen atoms in total. The Morgan fingerprint density at radius 2 is 2.00 bits per heavy atom. The number of thiophene rings is 1. The van der Waals surface area contributed by atoms with E-state index in [-0.39, 0.29) is 36.0 Å². The van der Waals surface area contributed by atoms with E-state index in [1.807, 2.05) is 35.4 Å². The first-order chi connectivity index (χ1) is 12.8. The van der Waals surface area contributed by atoms with Crippen LogP contribution in [0.5, 0.6) is 0 Å². The minimum absolute atomic E-state index is 0.00437. The molecule has 2 fully saturated rings. The third-order valence-corrected chi connectivity index (χ3v) is 8.40. The minimum Gasteiger partial charge on any atom is -0.306 e. The van der Waals surface area contributed by atoms with Crippen LogP contribution in [0.3, 0.4) is 0 Å². The zero-order valence-corrected chi connectivity index (χ0v) is 17.4. The van der Waals surface area contributed by atoms with Crippen LogP contribution in [0.1, 0.15) is 10.4 Å². The molecule has 0 unspecified atom stereocenters. The Morgan fingerprint density at radius 3 is 2.70 bits per heavy atom. The Morgan fingerprint density at radius 1 is 1.22 bits per heavy atom. The average molecular weight is 425 g/mol. The summed E-state index contributed by atoms with van der Waals surface area (Å²) < 4.78 is 24.8. The number of nitrogens with zero attached hydrogens (tertiary/aromatic N) is 2. The lowest BCUT2D eigenvalue weighted by atomic mass is 10.0. The number of fused-ring (bicyclic) bond motifs is 1. The zero-order valence-electron chi connectivity index (χ0n) is 15.0. The van der Waals surface area contributed by atoms with Gasteiger partial charge in [-0.25, -0.2) is 8.42 Å². The molecule has 0 spiro atoms. The molecule has 1 amide bonds. The fourth-order valence-corrected chi connectivity index (χ4v) is 6.83. The predicted molar refractivity (Wildman–Crippen MR) is 110 cm³/mol. The largest absolute Gasteiger partial charge is 0.306 e. The van der Waals surface area contributed by atoms with Gasteiger partial charge in [0.05, 0.1) is 24.1 Å². The van der Waals surface area contributed by atoms with Gasteiger partial charge in [-0.15, -0.1) is 11.3 Å². The third-order valence-electron chi connectivity index (χ3n) is 5.36. The van der Waals surface area contributed by atoms with E-state index >= 15 is 0 Å². The Hall–Kier alpha value is -1.41. The van der Waals surface area contributed by atoms with Crippen molar-refractivity contribution in [3.05, 3.63) is 51.2 Å². The van der Waals surface area contributed by atoms with Crippen molar-refractivity contribution in [3.8, 4) is 0 Å². The lowest BCUT2D eigenvalue weighted by Gasteiger charge is -2.43. The second kappa shape index (κ2) is 7.20. The molecule has 2 saturated heterocycles. The van der Waals surface area contributed by atoms with Crippen molar-refractivity contribution < 1.29 is 13.2 Å². The van der Waals surface area contributed by atoms with Crippen LogP contribution in [0.25, 0.3) is 0 Å². The number of carbonyl (C=O) groups is 1. The van der Waals surface area contributed by atoms with Gasteiger partial charge in [0.2, 0.25) is 5.91 Å². The molecule has 2 aromatic rings. The first-order valence-electron chi connectivity index (χ1n) is 8.89. The number of piperazine rings is 1. The summed E-state index contributed by atoms with van der Waals surface area (Å²) in [7, 11) is -3.18. The molecule has 3 heterocycles. The molecule has 0 radical (unpaired) electrons. The average Bonchev–Trinajstić information content (AvgIpc) is 3.22. The Bertz CT molecular complexity index is 959. The highest BCUT2D eigenvalue weighted by Gasteiger charge is 2.49. The maximum Gasteiger partial charge on any atom is 0.241 e. The van der Waals surface area contributed by atoms with Gasteiger partial charge in [0.1, 0.15) is 0 Å². The molecular weight excluding hydrogens is 404 g/mol. The number of anilines is 1. The minimum atomic E-state index is -3.18. The number of aryl methyl sites for hydroxylation is 1. The topological polar surface area (TPSA) is 57.7 Å². The monoisotopic (exact) mass is 424 g/mol. The maximum atomic E-state index is 13.0. The van der Waals surface area contributed by atoms with E-state index in [0.29, 0.717) is 17.3 Å². The van der Waals surface area contributed by atoms with Crippen molar-refractivity contribution in [2.24, 2.45) is 0 Å². The normalized spacial score (nSPS) is 25.0. The number of benzene rings is 1. The highest BCUT2D eigenvalue weighted by atomic mass is 35.5. The molecule has 2 atom stereocenters. The molecule has 2 aliphatic rings. The van der Waals surface area contributed by atoms with Gasteiger partial charge in [-0.3, -0.25) is 9.69 Å². The van der Waals surface area contributed by atoms with Gasteiger partial charge in [-0.2, -0.15) is 0 Å². The molecule has 0 N–H and O–H groups in total. The van der Waals surface area contributed by atoms with Crippen molar-refractivity contribution in [2.45, 2.75) is 25.4 Å². The summed E-state index contributed by atoms with van der Waals surface area (Å²) >= 11 is 7.93. The van der Waals surface area contributed by atoms with Gasteiger partial charge in [-0.05, 0) is 42.5 Å². The fourth-order valence-electron chi connectivity index (χ4n) is 3.98. The molecule has 2 aliphatic heterocycles. The maximum absolute atomic E-state index is 13.0. The first kappa shape index (κ1) is 18.9. The molecule has 1 aromatic carbocycles. The smallest absolute Gasteiger partial charge is 0.241 e. The number of rotatable bonds is 4. The van der Waals surface area contributed by atoms with E-state index in [4.69, 9.17) is 11.6 Å². The fraction of sp³-hybridized carbons (Fsp3) is 0.421. The standard InChI is InChI=1S/C19H21ClN2O3S2/c1-13-4-5-14(9-16(13)20)22-18-12-27(24,25)11-17(18)21(10-19(22)23)7-6-15-3-2-8-26-15/h2-5,8-9,17-18H,6-7,10-12H2,1H3/t17-,18+/m0/s1. The highest BCUT2D eigenvalue weighted by molar-refractivity contribution is 7.91. The third kappa shape index (κ3) is 3.78. The van der Waals surface area contributed by atoms with E-state index in [9.17, 15) is 13.2 Å². The van der Waals surface area contributed by atoms with Crippen molar-refractivity contribution in [1.29, 1.82) is 0 Å². The Balaban J connectivity index is 1.62. The van der Waals surface area contributed by atoms with Crippen LogP contribution in [0.15, 0.2) is 35.7 Å². The van der Waals surface area contributed by atoms with E-state index in [2.05, 4.69) is 6.07 Å². The van der Waals surface area contributed by atoms with E-state index < -0.39 is 9.84 Å². The van der Waals surface area contributed by atoms with Gasteiger partial charge in [0, 0.05) is 28.2 Å². The van der Waals surface area contributed by atoms with Crippen LogP contribution in [-0.4, -0.2) is 55.9 Å². The number of carbonyl (C=O) groups excluding carboxylic acids is 1. The Kier molecular flexibility index (Phi) is 5.05. The van der Waals surface area contributed by atoms with Crippen molar-refractivity contribution >= 4 is 44.4 Å². The second-order valence-corrected chi connectivity index (χ2v) is 10.8. The summed E-state index contributed by atoms with van der Waals surface area (Å²) in [6.07, 6.45) is 0.824. The predicted octanol–water partition coefficient (Wildman–Crippen LogP) is 2.77. The van der Waals surface area contributed by atoms with Gasteiger partial charge < -0.3 is 4.90 Å². The second-order valence-electron chi connectivity index (χ2n) is 7.21. The summed E-state index contributed by atoms with van der Waals surface area (Å²) in [6.45, 7) is 2.82. The molecule has 0 saturated carbocycles. The van der Waals surface area contributed by atoms with Gasteiger partial charge >= 0.3 is 0 Å². The Labute approximate surface area is 168 Å². The van der Waals surface area contributed by atoms with Crippen LogP contribution >= 0.6 is 22.9 Å². The molecule has 1 aromatic heterocycles. The molecule has 144 valence electrons. The van der Waals surface area contributed by atoms with Crippen molar-refractivity contribution in [3.63, 3.8) is 0 Å². The van der Waals surface area contributed by atoms with Crippen LogP contribution in [0.4, 0.5) is 5.69 Å². The lowest BCUT2D eigenvalue weighted by molar-refractivity contribution is -0.123. The number of amides is 1.